The van der Waals surface area contributed by atoms with Crippen LogP contribution in [0.2, 0.25) is 10.0 Å². The molecule has 0 unspecified atom stereocenters. The minimum absolute atomic E-state index is 0.0898. The molecule has 144 valence electrons. The van der Waals surface area contributed by atoms with Crippen molar-refractivity contribution < 1.29 is 18.0 Å². The Hall–Kier alpha value is -1.50. The average molecular weight is 481 g/mol. The first kappa shape index (κ1) is 21.8. The van der Waals surface area contributed by atoms with Crippen LogP contribution < -0.4 is 5.32 Å². The molecule has 0 saturated carbocycles. The van der Waals surface area contributed by atoms with Crippen molar-refractivity contribution in [3.05, 3.63) is 69.2 Å². The number of carbonyl (C=O) groups is 1. The Morgan fingerprint density at radius 3 is 2.44 bits per heavy atom. The van der Waals surface area contributed by atoms with Gasteiger partial charge in [-0.05, 0) is 54.3 Å². The molecule has 0 spiro atoms. The first-order valence-electron chi connectivity index (χ1n) is 7.91. The van der Waals surface area contributed by atoms with Gasteiger partial charge in [-0.15, -0.1) is 0 Å². The lowest BCUT2D eigenvalue weighted by Crippen LogP contribution is -2.08. The highest BCUT2D eigenvalue weighted by molar-refractivity contribution is 9.09. The quantitative estimate of drug-likeness (QED) is 0.350. The smallest absolute Gasteiger partial charge is 0.322 e. The lowest BCUT2D eigenvalue weighted by Gasteiger charge is -2.08. The molecule has 8 heteroatoms. The van der Waals surface area contributed by atoms with Gasteiger partial charge in [0.15, 0.2) is 0 Å². The van der Waals surface area contributed by atoms with Crippen molar-refractivity contribution in [1.29, 1.82) is 0 Å². The van der Waals surface area contributed by atoms with Crippen LogP contribution >= 0.6 is 39.1 Å². The number of hydrogen-bond acceptors (Lipinski definition) is 1. The van der Waals surface area contributed by atoms with Gasteiger partial charge in [0.25, 0.3) is 0 Å². The van der Waals surface area contributed by atoms with E-state index in [1.807, 2.05) is 6.07 Å². The van der Waals surface area contributed by atoms with Gasteiger partial charge in [0.05, 0.1) is 5.56 Å². The van der Waals surface area contributed by atoms with Gasteiger partial charge >= 0.3 is 6.18 Å². The van der Waals surface area contributed by atoms with Gasteiger partial charge in [-0.2, -0.15) is 13.2 Å². The van der Waals surface area contributed by atoms with Crippen molar-refractivity contribution in [2.45, 2.75) is 19.0 Å². The van der Waals surface area contributed by atoms with Gasteiger partial charge in [0.2, 0.25) is 5.91 Å². The van der Waals surface area contributed by atoms with Crippen LogP contribution in [0.3, 0.4) is 0 Å². The van der Waals surface area contributed by atoms with Crippen LogP contribution in [-0.4, -0.2) is 11.2 Å². The molecular formula is C19H15BrCl2F3NO. The standard InChI is InChI=1S/C19H15BrCl2F3NO/c20-9-1-2-12-4-7-15(11-17(12)22)26-18(27)8-5-13-3-6-14(10-16(13)21)19(23,24)25/h3-8,10-11H,1-2,9H2,(H,26,27)/b8-5+. The van der Waals surface area contributed by atoms with Crippen molar-refractivity contribution in [2.75, 3.05) is 10.6 Å². The highest BCUT2D eigenvalue weighted by Crippen LogP contribution is 2.32. The van der Waals surface area contributed by atoms with E-state index < -0.39 is 17.6 Å². The highest BCUT2D eigenvalue weighted by atomic mass is 79.9. The molecule has 0 atom stereocenters. The monoisotopic (exact) mass is 479 g/mol. The van der Waals surface area contributed by atoms with Gasteiger partial charge in [-0.25, -0.2) is 0 Å². The molecule has 27 heavy (non-hydrogen) atoms. The molecule has 0 saturated heterocycles. The molecule has 1 N–H and O–H groups in total. The van der Waals surface area contributed by atoms with Gasteiger partial charge in [-0.1, -0.05) is 51.3 Å². The number of alkyl halides is 4. The summed E-state index contributed by atoms with van der Waals surface area (Å²) in [6.45, 7) is 0. The Bertz CT molecular complexity index is 853. The summed E-state index contributed by atoms with van der Waals surface area (Å²) in [5.74, 6) is -0.449. The lowest BCUT2D eigenvalue weighted by atomic mass is 10.1. The molecule has 1 amide bonds. The minimum Gasteiger partial charge on any atom is -0.322 e. The van der Waals surface area contributed by atoms with E-state index >= 15 is 0 Å². The topological polar surface area (TPSA) is 29.1 Å². The molecule has 2 nitrogen and oxygen atoms in total. The molecular weight excluding hydrogens is 466 g/mol. The van der Waals surface area contributed by atoms with Crippen molar-refractivity contribution >= 4 is 56.8 Å². The van der Waals surface area contributed by atoms with E-state index in [1.165, 1.54) is 18.2 Å². The number of anilines is 1. The number of hydrogen-bond donors (Lipinski definition) is 1. The van der Waals surface area contributed by atoms with Crippen LogP contribution in [-0.2, 0) is 17.4 Å². The van der Waals surface area contributed by atoms with E-state index in [0.29, 0.717) is 16.3 Å². The minimum atomic E-state index is -4.47. The van der Waals surface area contributed by atoms with E-state index in [-0.39, 0.29) is 5.02 Å². The third kappa shape index (κ3) is 6.55. The van der Waals surface area contributed by atoms with E-state index in [9.17, 15) is 18.0 Å². The molecule has 0 aromatic heterocycles. The predicted octanol–water partition coefficient (Wildman–Crippen LogP) is 6.99. The molecule has 0 radical (unpaired) electrons. The zero-order chi connectivity index (χ0) is 20.0. The number of halogens is 6. The fraction of sp³-hybridized carbons (Fsp3) is 0.211. The number of amides is 1. The molecule has 0 aliphatic rings. The van der Waals surface area contributed by atoms with Crippen molar-refractivity contribution in [3.8, 4) is 0 Å². The molecule has 0 fully saturated rings. The second-order valence-corrected chi connectivity index (χ2v) is 7.26. The Labute approximate surface area is 173 Å². The van der Waals surface area contributed by atoms with Crippen LogP contribution in [0.15, 0.2) is 42.5 Å². The summed E-state index contributed by atoms with van der Waals surface area (Å²) in [6.07, 6.45) is -0.152. The summed E-state index contributed by atoms with van der Waals surface area (Å²) in [7, 11) is 0. The molecule has 0 bridgehead atoms. The third-order valence-corrected chi connectivity index (χ3v) is 4.88. The van der Waals surface area contributed by atoms with Gasteiger partial charge in [0, 0.05) is 27.1 Å². The Balaban J connectivity index is 2.04. The summed E-state index contributed by atoms with van der Waals surface area (Å²) >= 11 is 15.4. The van der Waals surface area contributed by atoms with E-state index in [1.54, 1.807) is 12.1 Å². The van der Waals surface area contributed by atoms with Crippen LogP contribution in [0, 0.1) is 0 Å². The van der Waals surface area contributed by atoms with Gasteiger partial charge in [-0.3, -0.25) is 4.79 Å². The summed E-state index contributed by atoms with van der Waals surface area (Å²) in [5, 5.41) is 3.99. The maximum absolute atomic E-state index is 12.6. The normalized spacial score (nSPS) is 11.8. The fourth-order valence-corrected chi connectivity index (χ4v) is 3.07. The number of rotatable bonds is 6. The summed E-state index contributed by atoms with van der Waals surface area (Å²) in [4.78, 5) is 12.0. The summed E-state index contributed by atoms with van der Waals surface area (Å²) in [5.41, 5.74) is 0.976. The van der Waals surface area contributed by atoms with E-state index in [0.717, 1.165) is 35.9 Å². The first-order valence-corrected chi connectivity index (χ1v) is 9.78. The van der Waals surface area contributed by atoms with Crippen LogP contribution in [0.25, 0.3) is 6.08 Å². The second-order valence-electron chi connectivity index (χ2n) is 5.66. The third-order valence-electron chi connectivity index (χ3n) is 3.64. The SMILES string of the molecule is O=C(/C=C/c1ccc(C(F)(F)F)cc1Cl)Nc1ccc(CCCBr)c(Cl)c1. The molecule has 0 aliphatic carbocycles. The molecule has 2 aromatic carbocycles. The van der Waals surface area contributed by atoms with Crippen LogP contribution in [0.1, 0.15) is 23.1 Å². The van der Waals surface area contributed by atoms with Gasteiger partial charge in [0.1, 0.15) is 0 Å². The van der Waals surface area contributed by atoms with E-state index in [2.05, 4.69) is 21.2 Å². The number of benzene rings is 2. The maximum atomic E-state index is 12.6. The van der Waals surface area contributed by atoms with Gasteiger partial charge < -0.3 is 5.32 Å². The maximum Gasteiger partial charge on any atom is 0.416 e. The Morgan fingerprint density at radius 2 is 1.85 bits per heavy atom. The zero-order valence-electron chi connectivity index (χ0n) is 13.9. The van der Waals surface area contributed by atoms with E-state index in [4.69, 9.17) is 23.2 Å². The molecule has 0 aliphatic heterocycles. The molecule has 2 rings (SSSR count). The van der Waals surface area contributed by atoms with Crippen LogP contribution in [0.5, 0.6) is 0 Å². The highest BCUT2D eigenvalue weighted by Gasteiger charge is 2.30. The Morgan fingerprint density at radius 1 is 1.11 bits per heavy atom. The number of nitrogens with one attached hydrogen (secondary N) is 1. The van der Waals surface area contributed by atoms with Crippen molar-refractivity contribution in [2.24, 2.45) is 0 Å². The lowest BCUT2D eigenvalue weighted by molar-refractivity contribution is -0.137. The zero-order valence-corrected chi connectivity index (χ0v) is 17.0. The van der Waals surface area contributed by atoms with Crippen molar-refractivity contribution in [3.63, 3.8) is 0 Å². The van der Waals surface area contributed by atoms with Crippen LogP contribution in [0.4, 0.5) is 18.9 Å². The van der Waals surface area contributed by atoms with Crippen molar-refractivity contribution in [1.82, 2.24) is 0 Å². The largest absolute Gasteiger partial charge is 0.416 e. The Kier molecular flexibility index (Phi) is 7.77. The molecule has 0 heterocycles. The average Bonchev–Trinajstić information content (AvgIpc) is 2.59. The first-order chi connectivity index (χ1) is 12.7. The number of aryl methyl sites for hydroxylation is 1. The fourth-order valence-electron chi connectivity index (χ4n) is 2.27. The predicted molar refractivity (Wildman–Crippen MR) is 108 cm³/mol. The number of carbonyl (C=O) groups excluding carboxylic acids is 1. The summed E-state index contributed by atoms with van der Waals surface area (Å²) in [6, 6.07) is 8.19. The molecule has 2 aromatic rings. The summed E-state index contributed by atoms with van der Waals surface area (Å²) < 4.78 is 37.9. The second kappa shape index (κ2) is 9.62.